The summed E-state index contributed by atoms with van der Waals surface area (Å²) in [6, 6.07) is 0. The van der Waals surface area contributed by atoms with Crippen LogP contribution in [0.15, 0.2) is 0 Å². The highest BCUT2D eigenvalue weighted by Crippen LogP contribution is 2.52. The van der Waals surface area contributed by atoms with E-state index in [0.29, 0.717) is 5.92 Å². The third kappa shape index (κ3) is 0.789. The second kappa shape index (κ2) is 1.95. The number of hydrogen-bond acceptors (Lipinski definition) is 2. The molecule has 2 aliphatic rings. The Bertz CT molecular complexity index is 134. The zero-order valence-corrected chi connectivity index (χ0v) is 6.62. The van der Waals surface area contributed by atoms with E-state index in [1.807, 2.05) is 6.92 Å². The molecule has 1 N–H and O–H groups in total. The van der Waals surface area contributed by atoms with Gasteiger partial charge in [-0.15, -0.1) is 0 Å². The maximum absolute atomic E-state index is 9.27. The summed E-state index contributed by atoms with van der Waals surface area (Å²) in [6.45, 7) is 4.34. The van der Waals surface area contributed by atoms with Gasteiger partial charge in [-0.2, -0.15) is 0 Å². The van der Waals surface area contributed by atoms with E-state index in [4.69, 9.17) is 0 Å². The zero-order valence-electron chi connectivity index (χ0n) is 6.62. The number of aliphatic hydroxyl groups excluding tert-OH is 1. The van der Waals surface area contributed by atoms with Crippen molar-refractivity contribution in [3.05, 3.63) is 0 Å². The lowest BCUT2D eigenvalue weighted by molar-refractivity contribution is 0.145. The molecule has 0 aromatic heterocycles. The number of aliphatic hydroxyl groups is 1. The van der Waals surface area contributed by atoms with E-state index < -0.39 is 0 Å². The van der Waals surface area contributed by atoms with Crippen molar-refractivity contribution >= 4 is 0 Å². The Morgan fingerprint density at radius 1 is 1.40 bits per heavy atom. The molecule has 0 aromatic carbocycles. The van der Waals surface area contributed by atoms with Gasteiger partial charge in [-0.1, -0.05) is 0 Å². The SMILES string of the molecule is CC(O)C1[C@H]2CN(C)C[C@@H]12. The van der Waals surface area contributed by atoms with Crippen molar-refractivity contribution in [2.45, 2.75) is 13.0 Å². The third-order valence-corrected chi connectivity index (χ3v) is 3.00. The minimum absolute atomic E-state index is 0.0660. The quantitative estimate of drug-likeness (QED) is 0.563. The van der Waals surface area contributed by atoms with Crippen LogP contribution in [0.25, 0.3) is 0 Å². The number of hydrogen-bond donors (Lipinski definition) is 1. The van der Waals surface area contributed by atoms with E-state index in [-0.39, 0.29) is 6.10 Å². The molecule has 2 unspecified atom stereocenters. The molecule has 0 bridgehead atoms. The smallest absolute Gasteiger partial charge is 0.0546 e. The molecule has 2 heteroatoms. The van der Waals surface area contributed by atoms with Gasteiger partial charge in [0, 0.05) is 13.1 Å². The van der Waals surface area contributed by atoms with Gasteiger partial charge in [-0.25, -0.2) is 0 Å². The number of rotatable bonds is 1. The van der Waals surface area contributed by atoms with Crippen LogP contribution in [-0.2, 0) is 0 Å². The maximum atomic E-state index is 9.27. The molecule has 10 heavy (non-hydrogen) atoms. The van der Waals surface area contributed by atoms with Crippen molar-refractivity contribution in [3.63, 3.8) is 0 Å². The lowest BCUT2D eigenvalue weighted by Crippen LogP contribution is -2.22. The van der Waals surface area contributed by atoms with Crippen molar-refractivity contribution < 1.29 is 5.11 Å². The number of fused-ring (bicyclic) bond motifs is 1. The molecule has 0 spiro atoms. The Morgan fingerprint density at radius 2 is 1.90 bits per heavy atom. The van der Waals surface area contributed by atoms with E-state index in [1.165, 1.54) is 13.1 Å². The molecule has 2 fully saturated rings. The summed E-state index contributed by atoms with van der Waals surface area (Å²) < 4.78 is 0. The maximum Gasteiger partial charge on any atom is 0.0546 e. The highest BCUT2D eigenvalue weighted by molar-refractivity contribution is 5.06. The van der Waals surface area contributed by atoms with Crippen molar-refractivity contribution in [1.29, 1.82) is 0 Å². The molecule has 0 amide bonds. The van der Waals surface area contributed by atoms with E-state index in [1.54, 1.807) is 0 Å². The lowest BCUT2D eigenvalue weighted by atomic mass is 10.2. The summed E-state index contributed by atoms with van der Waals surface area (Å²) in [5.74, 6) is 2.28. The molecule has 1 saturated heterocycles. The van der Waals surface area contributed by atoms with E-state index >= 15 is 0 Å². The fourth-order valence-electron chi connectivity index (χ4n) is 2.50. The van der Waals surface area contributed by atoms with Crippen molar-refractivity contribution in [2.75, 3.05) is 20.1 Å². The van der Waals surface area contributed by atoms with Crippen LogP contribution in [0.1, 0.15) is 6.92 Å². The van der Waals surface area contributed by atoms with Gasteiger partial charge in [0.15, 0.2) is 0 Å². The van der Waals surface area contributed by atoms with Crippen LogP contribution in [0.5, 0.6) is 0 Å². The normalized spacial score (nSPS) is 48.9. The standard InChI is InChI=1S/C8H15NO/c1-5(10)8-6-3-9(2)4-7(6)8/h5-8,10H,3-4H2,1-2H3/t5?,6-,7+,8?. The Hall–Kier alpha value is -0.0800. The van der Waals surface area contributed by atoms with Crippen LogP contribution < -0.4 is 0 Å². The Morgan fingerprint density at radius 3 is 2.30 bits per heavy atom. The van der Waals surface area contributed by atoms with Crippen molar-refractivity contribution in [1.82, 2.24) is 4.90 Å². The summed E-state index contributed by atoms with van der Waals surface area (Å²) in [4.78, 5) is 2.36. The first-order valence-corrected chi connectivity index (χ1v) is 4.07. The van der Waals surface area contributed by atoms with Gasteiger partial charge in [0.1, 0.15) is 0 Å². The largest absolute Gasteiger partial charge is 0.393 e. The van der Waals surface area contributed by atoms with Gasteiger partial charge in [-0.05, 0) is 31.7 Å². The molecule has 1 aliphatic carbocycles. The third-order valence-electron chi connectivity index (χ3n) is 3.00. The van der Waals surface area contributed by atoms with E-state index in [0.717, 1.165) is 11.8 Å². The summed E-state index contributed by atoms with van der Waals surface area (Å²) in [7, 11) is 2.16. The molecule has 1 heterocycles. The summed E-state index contributed by atoms with van der Waals surface area (Å²) in [5, 5.41) is 9.27. The molecule has 0 aromatic rings. The Kier molecular flexibility index (Phi) is 1.29. The first-order chi connectivity index (χ1) is 4.70. The molecule has 0 radical (unpaired) electrons. The monoisotopic (exact) mass is 141 g/mol. The molecular weight excluding hydrogens is 126 g/mol. The molecular formula is C8H15NO. The lowest BCUT2D eigenvalue weighted by Gasteiger charge is -2.13. The van der Waals surface area contributed by atoms with Gasteiger partial charge >= 0.3 is 0 Å². The van der Waals surface area contributed by atoms with Gasteiger partial charge in [0.25, 0.3) is 0 Å². The van der Waals surface area contributed by atoms with Crippen molar-refractivity contribution in [2.24, 2.45) is 17.8 Å². The van der Waals surface area contributed by atoms with Gasteiger partial charge in [-0.3, -0.25) is 0 Å². The van der Waals surface area contributed by atoms with Gasteiger partial charge in [0.05, 0.1) is 6.10 Å². The highest BCUT2D eigenvalue weighted by Gasteiger charge is 2.56. The second-order valence-electron chi connectivity index (χ2n) is 3.87. The molecule has 58 valence electrons. The summed E-state index contributed by atoms with van der Waals surface area (Å²) in [5.41, 5.74) is 0. The second-order valence-corrected chi connectivity index (χ2v) is 3.87. The summed E-state index contributed by atoms with van der Waals surface area (Å²) >= 11 is 0. The molecule has 2 nitrogen and oxygen atoms in total. The average molecular weight is 141 g/mol. The Balaban J connectivity index is 1.92. The highest BCUT2D eigenvalue weighted by atomic mass is 16.3. The van der Waals surface area contributed by atoms with Crippen molar-refractivity contribution in [3.8, 4) is 0 Å². The molecule has 2 rings (SSSR count). The summed E-state index contributed by atoms with van der Waals surface area (Å²) in [6.07, 6.45) is -0.0660. The topological polar surface area (TPSA) is 23.5 Å². The van der Waals surface area contributed by atoms with Crippen LogP contribution in [0.4, 0.5) is 0 Å². The van der Waals surface area contributed by atoms with Crippen LogP contribution in [0.2, 0.25) is 0 Å². The van der Waals surface area contributed by atoms with Crippen LogP contribution in [0, 0.1) is 17.8 Å². The Labute approximate surface area is 61.8 Å². The van der Waals surface area contributed by atoms with E-state index in [9.17, 15) is 5.11 Å². The zero-order chi connectivity index (χ0) is 7.30. The minimum Gasteiger partial charge on any atom is -0.393 e. The van der Waals surface area contributed by atoms with Crippen LogP contribution in [0.3, 0.4) is 0 Å². The predicted molar refractivity (Wildman–Crippen MR) is 39.6 cm³/mol. The first-order valence-electron chi connectivity index (χ1n) is 4.07. The predicted octanol–water partition coefficient (Wildman–Crippen LogP) is 0.175. The minimum atomic E-state index is -0.0660. The van der Waals surface area contributed by atoms with Gasteiger partial charge in [0.2, 0.25) is 0 Å². The van der Waals surface area contributed by atoms with Gasteiger partial charge < -0.3 is 10.0 Å². The molecule has 1 saturated carbocycles. The number of likely N-dealkylation sites (tertiary alicyclic amines) is 1. The average Bonchev–Trinajstić information content (AvgIpc) is 2.32. The number of piperidine rings is 1. The van der Waals surface area contributed by atoms with Crippen LogP contribution >= 0.6 is 0 Å². The molecule has 1 aliphatic heterocycles. The molecule has 4 atom stereocenters. The van der Waals surface area contributed by atoms with E-state index in [2.05, 4.69) is 11.9 Å². The first kappa shape index (κ1) is 6.62. The fraction of sp³-hybridized carbons (Fsp3) is 1.00. The number of nitrogens with zero attached hydrogens (tertiary/aromatic N) is 1. The van der Waals surface area contributed by atoms with Crippen LogP contribution in [-0.4, -0.2) is 36.2 Å². The fourth-order valence-corrected chi connectivity index (χ4v) is 2.50.